The molecule has 0 aromatic heterocycles. The Morgan fingerprint density at radius 3 is 2.32 bits per heavy atom. The number of hydrogen-bond donors (Lipinski definition) is 1. The fourth-order valence-corrected chi connectivity index (χ4v) is 2.67. The van der Waals surface area contributed by atoms with Crippen molar-refractivity contribution < 1.29 is 9.84 Å². The van der Waals surface area contributed by atoms with Crippen molar-refractivity contribution in [3.63, 3.8) is 0 Å². The van der Waals surface area contributed by atoms with Crippen LogP contribution < -0.4 is 4.74 Å². The number of aliphatic hydroxyl groups excluding tert-OH is 1. The molecule has 0 saturated carbocycles. The van der Waals surface area contributed by atoms with E-state index in [4.69, 9.17) is 16.3 Å². The summed E-state index contributed by atoms with van der Waals surface area (Å²) in [6, 6.07) is 10.9. The summed E-state index contributed by atoms with van der Waals surface area (Å²) in [6.07, 6.45) is -0.614. The Bertz CT molecular complexity index is 600. The second kappa shape index (κ2) is 6.27. The summed E-state index contributed by atoms with van der Waals surface area (Å²) >= 11 is 12.9. The van der Waals surface area contributed by atoms with Gasteiger partial charge in [0, 0.05) is 14.5 Å². The van der Waals surface area contributed by atoms with Crippen molar-refractivity contribution in [3.8, 4) is 11.5 Å². The van der Waals surface area contributed by atoms with E-state index >= 15 is 0 Å². The molecule has 5 heteroatoms. The molecule has 0 radical (unpaired) electrons. The SMILES string of the molecule is CC(O)c1ccc(Br)cc1Oc1ccc(Br)cc1Cl. The van der Waals surface area contributed by atoms with Crippen LogP contribution >= 0.6 is 43.5 Å². The van der Waals surface area contributed by atoms with Gasteiger partial charge in [0.1, 0.15) is 11.5 Å². The van der Waals surface area contributed by atoms with Crippen LogP contribution in [-0.4, -0.2) is 5.11 Å². The minimum Gasteiger partial charge on any atom is -0.455 e. The highest BCUT2D eigenvalue weighted by molar-refractivity contribution is 9.10. The summed E-state index contributed by atoms with van der Waals surface area (Å²) in [5.74, 6) is 1.12. The third-order valence-corrected chi connectivity index (χ3v) is 3.82. The van der Waals surface area contributed by atoms with Gasteiger partial charge in [-0.2, -0.15) is 0 Å². The lowest BCUT2D eigenvalue weighted by Crippen LogP contribution is -1.96. The summed E-state index contributed by atoms with van der Waals surface area (Å²) < 4.78 is 7.55. The second-order valence-electron chi connectivity index (χ2n) is 4.03. The average Bonchev–Trinajstić information content (AvgIpc) is 2.32. The lowest BCUT2D eigenvalue weighted by atomic mass is 10.1. The van der Waals surface area contributed by atoms with Crippen LogP contribution in [0.2, 0.25) is 5.02 Å². The molecule has 1 unspecified atom stereocenters. The number of benzene rings is 2. The van der Waals surface area contributed by atoms with Gasteiger partial charge in [0.05, 0.1) is 11.1 Å². The van der Waals surface area contributed by atoms with Crippen LogP contribution in [0.5, 0.6) is 11.5 Å². The van der Waals surface area contributed by atoms with Crippen LogP contribution in [0.3, 0.4) is 0 Å². The molecule has 0 amide bonds. The lowest BCUT2D eigenvalue weighted by molar-refractivity contribution is 0.195. The fourth-order valence-electron chi connectivity index (χ4n) is 1.62. The summed E-state index contributed by atoms with van der Waals surface area (Å²) in [5, 5.41) is 10.3. The van der Waals surface area contributed by atoms with Crippen LogP contribution in [0, 0.1) is 0 Å². The van der Waals surface area contributed by atoms with E-state index in [1.54, 1.807) is 25.1 Å². The standard InChI is InChI=1S/C14H11Br2ClO2/c1-8(18)11-4-2-10(16)7-14(11)19-13-5-3-9(15)6-12(13)17/h2-8,18H,1H3. The van der Waals surface area contributed by atoms with E-state index < -0.39 is 6.10 Å². The molecule has 100 valence electrons. The maximum Gasteiger partial charge on any atom is 0.146 e. The Labute approximate surface area is 133 Å². The topological polar surface area (TPSA) is 29.5 Å². The molecule has 2 rings (SSSR count). The van der Waals surface area contributed by atoms with E-state index in [0.29, 0.717) is 22.1 Å². The molecule has 2 aromatic carbocycles. The lowest BCUT2D eigenvalue weighted by Gasteiger charge is -2.14. The quantitative estimate of drug-likeness (QED) is 0.707. The third kappa shape index (κ3) is 3.72. The van der Waals surface area contributed by atoms with Crippen LogP contribution in [-0.2, 0) is 0 Å². The molecule has 19 heavy (non-hydrogen) atoms. The first-order valence-corrected chi connectivity index (χ1v) is 7.54. The van der Waals surface area contributed by atoms with Gasteiger partial charge in [-0.15, -0.1) is 0 Å². The first kappa shape index (κ1) is 14.9. The highest BCUT2D eigenvalue weighted by Crippen LogP contribution is 2.36. The molecular weight excluding hydrogens is 395 g/mol. The maximum absolute atomic E-state index is 9.75. The van der Waals surface area contributed by atoms with Crippen LogP contribution in [0.15, 0.2) is 45.3 Å². The first-order valence-electron chi connectivity index (χ1n) is 5.58. The van der Waals surface area contributed by atoms with Gasteiger partial charge in [0.15, 0.2) is 0 Å². The van der Waals surface area contributed by atoms with E-state index in [9.17, 15) is 5.11 Å². The van der Waals surface area contributed by atoms with Crippen molar-refractivity contribution in [1.29, 1.82) is 0 Å². The molecule has 0 aliphatic rings. The van der Waals surface area contributed by atoms with Crippen LogP contribution in [0.25, 0.3) is 0 Å². The second-order valence-corrected chi connectivity index (χ2v) is 6.27. The van der Waals surface area contributed by atoms with Crippen LogP contribution in [0.4, 0.5) is 0 Å². The van der Waals surface area contributed by atoms with Crippen molar-refractivity contribution in [2.45, 2.75) is 13.0 Å². The monoisotopic (exact) mass is 404 g/mol. The molecule has 0 saturated heterocycles. The highest BCUT2D eigenvalue weighted by atomic mass is 79.9. The van der Waals surface area contributed by atoms with Crippen molar-refractivity contribution in [2.75, 3.05) is 0 Å². The molecule has 0 bridgehead atoms. The van der Waals surface area contributed by atoms with Gasteiger partial charge < -0.3 is 9.84 Å². The van der Waals surface area contributed by atoms with Gasteiger partial charge in [-0.05, 0) is 37.3 Å². The zero-order chi connectivity index (χ0) is 14.0. The molecule has 2 nitrogen and oxygen atoms in total. The van der Waals surface area contributed by atoms with E-state index in [-0.39, 0.29) is 0 Å². The number of halogens is 3. The van der Waals surface area contributed by atoms with Crippen molar-refractivity contribution in [2.24, 2.45) is 0 Å². The third-order valence-electron chi connectivity index (χ3n) is 2.54. The van der Waals surface area contributed by atoms with Crippen molar-refractivity contribution in [3.05, 3.63) is 55.9 Å². The summed E-state index contributed by atoms with van der Waals surface area (Å²) in [7, 11) is 0. The van der Waals surface area contributed by atoms with Gasteiger partial charge in [0.2, 0.25) is 0 Å². The highest BCUT2D eigenvalue weighted by Gasteiger charge is 2.12. The van der Waals surface area contributed by atoms with Crippen LogP contribution in [0.1, 0.15) is 18.6 Å². The normalized spacial score (nSPS) is 12.3. The Hall–Kier alpha value is -0.550. The Balaban J connectivity index is 2.39. The minimum atomic E-state index is -0.614. The van der Waals surface area contributed by atoms with Crippen molar-refractivity contribution >= 4 is 43.5 Å². The van der Waals surface area contributed by atoms with Gasteiger partial charge in [-0.1, -0.05) is 49.5 Å². The molecule has 1 N–H and O–H groups in total. The van der Waals surface area contributed by atoms with E-state index in [1.165, 1.54) is 0 Å². The summed E-state index contributed by atoms with van der Waals surface area (Å²) in [4.78, 5) is 0. The average molecular weight is 407 g/mol. The van der Waals surface area contributed by atoms with Gasteiger partial charge in [-0.25, -0.2) is 0 Å². The zero-order valence-electron chi connectivity index (χ0n) is 10.0. The number of rotatable bonds is 3. The van der Waals surface area contributed by atoms with Gasteiger partial charge in [0.25, 0.3) is 0 Å². The molecular formula is C14H11Br2ClO2. The predicted octanol–water partition coefficient (Wildman–Crippen LogP) is 5.71. The number of hydrogen-bond acceptors (Lipinski definition) is 2. The molecule has 0 aliphatic carbocycles. The smallest absolute Gasteiger partial charge is 0.146 e. The number of ether oxygens (including phenoxy) is 1. The predicted molar refractivity (Wildman–Crippen MR) is 84.0 cm³/mol. The summed E-state index contributed by atoms with van der Waals surface area (Å²) in [5.41, 5.74) is 0.710. The van der Waals surface area contributed by atoms with Gasteiger partial charge in [-0.3, -0.25) is 0 Å². The largest absolute Gasteiger partial charge is 0.455 e. The number of aliphatic hydroxyl groups is 1. The summed E-state index contributed by atoms with van der Waals surface area (Å²) in [6.45, 7) is 1.69. The molecule has 0 heterocycles. The Morgan fingerprint density at radius 2 is 1.68 bits per heavy atom. The molecule has 0 spiro atoms. The van der Waals surface area contributed by atoms with E-state index in [0.717, 1.165) is 8.95 Å². The Kier molecular flexibility index (Phi) is 4.90. The van der Waals surface area contributed by atoms with Gasteiger partial charge >= 0.3 is 0 Å². The Morgan fingerprint density at radius 1 is 1.05 bits per heavy atom. The van der Waals surface area contributed by atoms with E-state index in [1.807, 2.05) is 18.2 Å². The molecule has 0 aliphatic heterocycles. The first-order chi connectivity index (χ1) is 8.97. The maximum atomic E-state index is 9.75. The minimum absolute atomic E-state index is 0.505. The van der Waals surface area contributed by atoms with Crippen molar-refractivity contribution in [1.82, 2.24) is 0 Å². The molecule has 1 atom stereocenters. The molecule has 0 fully saturated rings. The zero-order valence-corrected chi connectivity index (χ0v) is 14.0. The fraction of sp³-hybridized carbons (Fsp3) is 0.143. The molecule has 2 aromatic rings. The van der Waals surface area contributed by atoms with E-state index in [2.05, 4.69) is 31.9 Å².